The van der Waals surface area contributed by atoms with Gasteiger partial charge >= 0.3 is 6.09 Å². The van der Waals surface area contributed by atoms with E-state index in [9.17, 15) is 9.18 Å². The molecule has 2 aliphatic heterocycles. The van der Waals surface area contributed by atoms with Crippen molar-refractivity contribution in [2.45, 2.75) is 13.0 Å². The van der Waals surface area contributed by atoms with Crippen molar-refractivity contribution in [2.75, 3.05) is 49.1 Å². The summed E-state index contributed by atoms with van der Waals surface area (Å²) in [7, 11) is 0. The van der Waals surface area contributed by atoms with E-state index < -0.39 is 6.09 Å². The summed E-state index contributed by atoms with van der Waals surface area (Å²) in [6, 6.07) is 14.8. The molecule has 2 aromatic rings. The third-order valence-electron chi connectivity index (χ3n) is 5.62. The molecule has 6 nitrogen and oxygen atoms in total. The third kappa shape index (κ3) is 4.99. The van der Waals surface area contributed by atoms with Gasteiger partial charge in [-0.05, 0) is 25.1 Å². The maximum absolute atomic E-state index is 15.0. The van der Waals surface area contributed by atoms with Gasteiger partial charge in [-0.3, -0.25) is 4.90 Å². The van der Waals surface area contributed by atoms with E-state index in [1.807, 2.05) is 35.2 Å². The number of carbonyl (C=O) groups excluding carboxylic acids is 1. The molecule has 0 unspecified atom stereocenters. The van der Waals surface area contributed by atoms with Crippen molar-refractivity contribution in [1.29, 1.82) is 0 Å². The maximum atomic E-state index is 15.0. The number of hydrogen-bond donors (Lipinski definition) is 1. The zero-order valence-corrected chi connectivity index (χ0v) is 19.4. The smallest absolute Gasteiger partial charge is 0.414 e. The predicted molar refractivity (Wildman–Crippen MR) is 132 cm³/mol. The number of amides is 1. The number of nitrogens with one attached hydrogen (secondary N) is 1. The second kappa shape index (κ2) is 9.79. The molecular formula is C23H25FN4O2S2. The lowest BCUT2D eigenvalue weighted by Crippen LogP contribution is -2.48. The standard InChI is InChI=1S/C23H25FN4O2S2/c1-16(31)25-14-19-15-28(23(29)30-19)18-7-8-21(20(24)13-18)26-9-11-27(12-10-26)22(32)17-5-3-2-4-6-17/h2-8,13,19H,9-12,14-15H2,1H3,(H,25,31)/t19-/m0/s1. The van der Waals surface area contributed by atoms with Crippen molar-refractivity contribution < 1.29 is 13.9 Å². The van der Waals surface area contributed by atoms with Crippen LogP contribution in [-0.4, -0.2) is 66.3 Å². The number of benzene rings is 2. The van der Waals surface area contributed by atoms with Gasteiger partial charge in [0.25, 0.3) is 0 Å². The number of anilines is 2. The second-order valence-electron chi connectivity index (χ2n) is 7.83. The molecule has 0 bridgehead atoms. The summed E-state index contributed by atoms with van der Waals surface area (Å²) in [6.45, 7) is 5.34. The van der Waals surface area contributed by atoms with E-state index >= 15 is 0 Å². The zero-order valence-electron chi connectivity index (χ0n) is 17.8. The summed E-state index contributed by atoms with van der Waals surface area (Å²) in [4.78, 5) is 19.3. The lowest BCUT2D eigenvalue weighted by molar-refractivity contribution is 0.143. The largest absolute Gasteiger partial charge is 0.442 e. The van der Waals surface area contributed by atoms with E-state index in [-0.39, 0.29) is 11.9 Å². The van der Waals surface area contributed by atoms with E-state index in [2.05, 4.69) is 10.2 Å². The van der Waals surface area contributed by atoms with Crippen LogP contribution >= 0.6 is 24.4 Å². The Balaban J connectivity index is 1.37. The number of hydrogen-bond acceptors (Lipinski definition) is 5. The first-order valence-corrected chi connectivity index (χ1v) is 11.4. The molecule has 4 rings (SSSR count). The predicted octanol–water partition coefficient (Wildman–Crippen LogP) is 3.59. The van der Waals surface area contributed by atoms with Gasteiger partial charge < -0.3 is 19.9 Å². The van der Waals surface area contributed by atoms with Crippen LogP contribution in [0, 0.1) is 5.82 Å². The van der Waals surface area contributed by atoms with Crippen molar-refractivity contribution >= 4 is 51.9 Å². The van der Waals surface area contributed by atoms with E-state index in [0.29, 0.717) is 42.5 Å². The van der Waals surface area contributed by atoms with Gasteiger partial charge in [-0.15, -0.1) is 0 Å². The minimum atomic E-state index is -0.478. The Hall–Kier alpha value is -2.78. The topological polar surface area (TPSA) is 48.0 Å². The molecule has 1 atom stereocenters. The van der Waals surface area contributed by atoms with Crippen molar-refractivity contribution in [3.63, 3.8) is 0 Å². The summed E-state index contributed by atoms with van der Waals surface area (Å²) >= 11 is 10.6. The molecule has 0 radical (unpaired) electrons. The molecule has 2 aliphatic rings. The Kier molecular flexibility index (Phi) is 6.86. The van der Waals surface area contributed by atoms with Crippen molar-refractivity contribution in [3.8, 4) is 0 Å². The van der Waals surface area contributed by atoms with Crippen molar-refractivity contribution in [1.82, 2.24) is 10.2 Å². The quantitative estimate of drug-likeness (QED) is 0.668. The minimum Gasteiger partial charge on any atom is -0.442 e. The minimum absolute atomic E-state index is 0.329. The van der Waals surface area contributed by atoms with Crippen LogP contribution in [0.5, 0.6) is 0 Å². The van der Waals surface area contributed by atoms with Gasteiger partial charge in [-0.1, -0.05) is 54.8 Å². The van der Waals surface area contributed by atoms with Crippen LogP contribution in [0.1, 0.15) is 12.5 Å². The highest BCUT2D eigenvalue weighted by Crippen LogP contribution is 2.28. The lowest BCUT2D eigenvalue weighted by Gasteiger charge is -2.37. The van der Waals surface area contributed by atoms with Gasteiger partial charge in [0.05, 0.1) is 29.5 Å². The molecule has 0 spiro atoms. The summed E-state index contributed by atoms with van der Waals surface area (Å²) < 4.78 is 20.3. The van der Waals surface area contributed by atoms with Gasteiger partial charge in [-0.2, -0.15) is 0 Å². The Labute approximate surface area is 197 Å². The first-order valence-electron chi connectivity index (χ1n) is 10.5. The first kappa shape index (κ1) is 22.4. The van der Waals surface area contributed by atoms with Gasteiger partial charge in [0, 0.05) is 31.7 Å². The summed E-state index contributed by atoms with van der Waals surface area (Å²) in [5.41, 5.74) is 2.04. The molecule has 0 aliphatic carbocycles. The first-order chi connectivity index (χ1) is 15.4. The molecule has 168 valence electrons. The highest BCUT2D eigenvalue weighted by molar-refractivity contribution is 7.80. The van der Waals surface area contributed by atoms with Gasteiger partial charge in [0.2, 0.25) is 0 Å². The van der Waals surface area contributed by atoms with Crippen LogP contribution in [0.2, 0.25) is 0 Å². The fourth-order valence-corrected chi connectivity index (χ4v) is 4.33. The Morgan fingerprint density at radius 1 is 1.12 bits per heavy atom. The number of ether oxygens (including phenoxy) is 1. The highest BCUT2D eigenvalue weighted by atomic mass is 32.1. The third-order valence-corrected chi connectivity index (χ3v) is 6.26. The van der Waals surface area contributed by atoms with Crippen LogP contribution in [-0.2, 0) is 4.74 Å². The van der Waals surface area contributed by atoms with E-state index in [1.165, 1.54) is 11.0 Å². The van der Waals surface area contributed by atoms with Crippen LogP contribution in [0.25, 0.3) is 0 Å². The van der Waals surface area contributed by atoms with E-state index in [0.717, 1.165) is 23.6 Å². The number of halogens is 1. The Morgan fingerprint density at radius 3 is 2.50 bits per heavy atom. The fraction of sp³-hybridized carbons (Fsp3) is 0.348. The number of thiocarbonyl (C=S) groups is 2. The molecule has 2 fully saturated rings. The van der Waals surface area contributed by atoms with Crippen LogP contribution in [0.3, 0.4) is 0 Å². The summed E-state index contributed by atoms with van der Waals surface area (Å²) in [6.07, 6.45) is -0.807. The second-order valence-corrected chi connectivity index (χ2v) is 8.83. The number of piperazine rings is 1. The molecule has 2 aromatic carbocycles. The number of rotatable bonds is 5. The normalized spacial score (nSPS) is 18.5. The molecule has 0 aromatic heterocycles. The molecule has 1 amide bonds. The Bertz CT molecular complexity index is 1010. The molecule has 0 saturated carbocycles. The molecule has 32 heavy (non-hydrogen) atoms. The van der Waals surface area contributed by atoms with Crippen LogP contribution in [0.4, 0.5) is 20.6 Å². The maximum Gasteiger partial charge on any atom is 0.414 e. The van der Waals surface area contributed by atoms with E-state index in [4.69, 9.17) is 29.2 Å². The molecular weight excluding hydrogens is 447 g/mol. The average Bonchev–Trinajstić information content (AvgIpc) is 3.18. The average molecular weight is 473 g/mol. The van der Waals surface area contributed by atoms with E-state index in [1.54, 1.807) is 19.1 Å². The fourth-order valence-electron chi connectivity index (χ4n) is 3.93. The Morgan fingerprint density at radius 2 is 1.84 bits per heavy atom. The number of cyclic esters (lactones) is 1. The van der Waals surface area contributed by atoms with Crippen molar-refractivity contribution in [2.24, 2.45) is 0 Å². The molecule has 2 saturated heterocycles. The summed E-state index contributed by atoms with van der Waals surface area (Å²) in [5, 5.41) is 3.00. The molecule has 2 heterocycles. The lowest BCUT2D eigenvalue weighted by atomic mass is 10.1. The highest BCUT2D eigenvalue weighted by Gasteiger charge is 2.33. The zero-order chi connectivity index (χ0) is 22.7. The monoisotopic (exact) mass is 472 g/mol. The molecule has 9 heteroatoms. The van der Waals surface area contributed by atoms with Gasteiger partial charge in [0.15, 0.2) is 0 Å². The van der Waals surface area contributed by atoms with Gasteiger partial charge in [0.1, 0.15) is 16.9 Å². The molecule has 1 N–H and O–H groups in total. The number of nitrogens with zero attached hydrogens (tertiary/aromatic N) is 3. The van der Waals surface area contributed by atoms with Gasteiger partial charge in [-0.25, -0.2) is 9.18 Å². The summed E-state index contributed by atoms with van der Waals surface area (Å²) in [5.74, 6) is -0.356. The number of carbonyl (C=O) groups is 1. The van der Waals surface area contributed by atoms with Crippen LogP contribution < -0.4 is 15.1 Å². The van der Waals surface area contributed by atoms with Crippen molar-refractivity contribution in [3.05, 3.63) is 59.9 Å². The SMILES string of the molecule is CC(=S)NC[C@H]1CN(c2ccc(N3CCN(C(=S)c4ccccc4)CC3)c(F)c2)C(=O)O1. The van der Waals surface area contributed by atoms with Crippen LogP contribution in [0.15, 0.2) is 48.5 Å².